The van der Waals surface area contributed by atoms with E-state index in [1.165, 1.54) is 16.4 Å². The van der Waals surface area contributed by atoms with Crippen molar-refractivity contribution >= 4 is 54.4 Å². The van der Waals surface area contributed by atoms with E-state index in [-0.39, 0.29) is 9.96 Å². The maximum Gasteiger partial charge on any atom is 0.271 e. The second-order valence-corrected chi connectivity index (χ2v) is 11.6. The maximum atomic E-state index is 12.5. The molecule has 0 spiro atoms. The van der Waals surface area contributed by atoms with E-state index in [0.29, 0.717) is 41.5 Å². The number of nitrogens with one attached hydrogen (secondary N) is 1. The molecule has 0 saturated heterocycles. The Balaban J connectivity index is 1.90. The third-order valence-electron chi connectivity index (χ3n) is 4.02. The molecule has 1 aromatic carbocycles. The van der Waals surface area contributed by atoms with Gasteiger partial charge in [-0.2, -0.15) is 0 Å². The first kappa shape index (κ1) is 19.5. The summed E-state index contributed by atoms with van der Waals surface area (Å²) in [6.07, 6.45) is 1.95. The molecule has 2 aromatic rings. The van der Waals surface area contributed by atoms with Gasteiger partial charge in [0.15, 0.2) is 0 Å². The van der Waals surface area contributed by atoms with Crippen LogP contribution in [-0.2, 0) is 26.5 Å². The zero-order valence-electron chi connectivity index (χ0n) is 14.1. The Morgan fingerprint density at radius 2 is 1.96 bits per heavy atom. The van der Waals surface area contributed by atoms with Crippen molar-refractivity contribution in [1.82, 2.24) is 0 Å². The third-order valence-corrected chi connectivity index (χ3v) is 9.10. The molecule has 1 N–H and O–H groups in total. The Kier molecular flexibility index (Phi) is 5.53. The van der Waals surface area contributed by atoms with Gasteiger partial charge in [-0.25, -0.2) is 16.8 Å². The third kappa shape index (κ3) is 4.00. The maximum absolute atomic E-state index is 12.5. The van der Waals surface area contributed by atoms with Crippen molar-refractivity contribution in [2.45, 2.75) is 30.4 Å². The largest absolute Gasteiger partial charge is 0.279 e. The standard InChI is InChI=1S/C16H19ClN2O4S3/c1-2-10-25(20,21)19-9-3-4-12-11-13(5-6-14(12)19)18-26(22,23)16-8-7-15(17)24-16/h5-8,11,18H,2-4,9-10H2,1H3. The Morgan fingerprint density at radius 3 is 2.62 bits per heavy atom. The fraction of sp³-hybridized carbons (Fsp3) is 0.375. The van der Waals surface area contributed by atoms with E-state index in [9.17, 15) is 16.8 Å². The van der Waals surface area contributed by atoms with Crippen LogP contribution in [0.3, 0.4) is 0 Å². The van der Waals surface area contributed by atoms with Crippen LogP contribution in [0.25, 0.3) is 0 Å². The van der Waals surface area contributed by atoms with Crippen LogP contribution in [0.1, 0.15) is 25.3 Å². The lowest BCUT2D eigenvalue weighted by molar-refractivity contribution is 0.585. The molecular formula is C16H19ClN2O4S3. The summed E-state index contributed by atoms with van der Waals surface area (Å²) in [5, 5.41) is 0. The highest BCUT2D eigenvalue weighted by atomic mass is 35.5. The Hall–Kier alpha value is -1.29. The van der Waals surface area contributed by atoms with Crippen molar-refractivity contribution in [3.63, 3.8) is 0 Å². The van der Waals surface area contributed by atoms with E-state index in [4.69, 9.17) is 11.6 Å². The molecule has 0 amide bonds. The highest BCUT2D eigenvalue weighted by Gasteiger charge is 2.27. The zero-order valence-corrected chi connectivity index (χ0v) is 17.3. The summed E-state index contributed by atoms with van der Waals surface area (Å²) in [4.78, 5) is 0. The predicted molar refractivity (Wildman–Crippen MR) is 106 cm³/mol. The minimum absolute atomic E-state index is 0.0972. The lowest BCUT2D eigenvalue weighted by Gasteiger charge is -2.30. The van der Waals surface area contributed by atoms with Gasteiger partial charge in [0.05, 0.1) is 15.8 Å². The van der Waals surface area contributed by atoms with Crippen molar-refractivity contribution in [1.29, 1.82) is 0 Å². The van der Waals surface area contributed by atoms with Gasteiger partial charge >= 0.3 is 0 Å². The fourth-order valence-electron chi connectivity index (χ4n) is 2.93. The Morgan fingerprint density at radius 1 is 1.19 bits per heavy atom. The van der Waals surface area contributed by atoms with Gasteiger partial charge in [0, 0.05) is 12.2 Å². The average molecular weight is 435 g/mol. The molecule has 3 rings (SSSR count). The van der Waals surface area contributed by atoms with Gasteiger partial charge in [0.25, 0.3) is 10.0 Å². The summed E-state index contributed by atoms with van der Waals surface area (Å²) in [5.74, 6) is 0.0972. The zero-order chi connectivity index (χ0) is 18.9. The summed E-state index contributed by atoms with van der Waals surface area (Å²) in [6.45, 7) is 2.28. The second kappa shape index (κ2) is 7.38. The smallest absolute Gasteiger partial charge is 0.271 e. The molecule has 142 valence electrons. The molecule has 1 aromatic heterocycles. The van der Waals surface area contributed by atoms with Crippen molar-refractivity contribution in [2.75, 3.05) is 21.3 Å². The molecule has 0 bridgehead atoms. The molecule has 0 atom stereocenters. The summed E-state index contributed by atoms with van der Waals surface area (Å²) in [5.41, 5.74) is 1.86. The molecule has 1 aliphatic heterocycles. The average Bonchev–Trinajstić information content (AvgIpc) is 3.01. The second-order valence-electron chi connectivity index (χ2n) is 6.00. The van der Waals surface area contributed by atoms with Gasteiger partial charge in [-0.05, 0) is 55.2 Å². The van der Waals surface area contributed by atoms with Crippen molar-refractivity contribution in [3.05, 3.63) is 40.2 Å². The van der Waals surface area contributed by atoms with Gasteiger partial charge in [-0.1, -0.05) is 18.5 Å². The Labute approximate surface area is 162 Å². The first-order valence-corrected chi connectivity index (χ1v) is 12.4. The lowest BCUT2D eigenvalue weighted by Crippen LogP contribution is -2.37. The van der Waals surface area contributed by atoms with E-state index < -0.39 is 20.0 Å². The summed E-state index contributed by atoms with van der Waals surface area (Å²) >= 11 is 6.79. The molecule has 10 heteroatoms. The number of rotatable bonds is 6. The number of nitrogens with zero attached hydrogens (tertiary/aromatic N) is 1. The highest BCUT2D eigenvalue weighted by molar-refractivity contribution is 7.94. The molecule has 0 saturated carbocycles. The number of fused-ring (bicyclic) bond motifs is 1. The summed E-state index contributed by atoms with van der Waals surface area (Å²) in [7, 11) is -7.07. The van der Waals surface area contributed by atoms with Crippen LogP contribution in [0.5, 0.6) is 0 Å². The van der Waals surface area contributed by atoms with Crippen LogP contribution in [0.15, 0.2) is 34.5 Å². The number of thiophene rings is 1. The van der Waals surface area contributed by atoms with Crippen LogP contribution in [-0.4, -0.2) is 29.1 Å². The molecule has 6 nitrogen and oxygen atoms in total. The monoisotopic (exact) mass is 434 g/mol. The molecule has 2 heterocycles. The number of aryl methyl sites for hydroxylation is 1. The van der Waals surface area contributed by atoms with E-state index >= 15 is 0 Å². The van der Waals surface area contributed by atoms with E-state index in [0.717, 1.165) is 16.9 Å². The van der Waals surface area contributed by atoms with Crippen molar-refractivity contribution in [2.24, 2.45) is 0 Å². The molecule has 0 radical (unpaired) electrons. The van der Waals surface area contributed by atoms with Gasteiger partial charge in [0.1, 0.15) is 4.21 Å². The molecule has 26 heavy (non-hydrogen) atoms. The predicted octanol–water partition coefficient (Wildman–Crippen LogP) is 3.69. The Bertz CT molecular complexity index is 1020. The van der Waals surface area contributed by atoms with E-state index in [1.54, 1.807) is 18.2 Å². The van der Waals surface area contributed by atoms with Crippen molar-refractivity contribution < 1.29 is 16.8 Å². The van der Waals surface area contributed by atoms with Crippen molar-refractivity contribution in [3.8, 4) is 0 Å². The topological polar surface area (TPSA) is 83.6 Å². The number of hydrogen-bond acceptors (Lipinski definition) is 5. The van der Waals surface area contributed by atoms with Crippen LogP contribution in [0.4, 0.5) is 11.4 Å². The normalized spacial score (nSPS) is 14.9. The minimum atomic E-state index is -3.72. The highest BCUT2D eigenvalue weighted by Crippen LogP contribution is 2.33. The quantitative estimate of drug-likeness (QED) is 0.751. The minimum Gasteiger partial charge on any atom is -0.279 e. The van der Waals surface area contributed by atoms with Crippen LogP contribution in [0.2, 0.25) is 4.34 Å². The molecular weight excluding hydrogens is 416 g/mol. The van der Waals surface area contributed by atoms with Gasteiger partial charge < -0.3 is 0 Å². The van der Waals surface area contributed by atoms with E-state index in [2.05, 4.69) is 4.72 Å². The van der Waals surface area contributed by atoms with Gasteiger partial charge in [-0.15, -0.1) is 11.3 Å². The van der Waals surface area contributed by atoms with Crippen LogP contribution >= 0.6 is 22.9 Å². The molecule has 1 aliphatic rings. The first-order valence-electron chi connectivity index (χ1n) is 8.14. The van der Waals surface area contributed by atoms with Crippen LogP contribution in [0, 0.1) is 0 Å². The number of hydrogen-bond donors (Lipinski definition) is 1. The number of benzene rings is 1. The van der Waals surface area contributed by atoms with Gasteiger partial charge in [-0.3, -0.25) is 9.03 Å². The van der Waals surface area contributed by atoms with E-state index in [1.807, 2.05) is 6.92 Å². The summed E-state index contributed by atoms with van der Waals surface area (Å²) in [6, 6.07) is 7.94. The fourth-order valence-corrected chi connectivity index (χ4v) is 7.08. The SMILES string of the molecule is CCCS(=O)(=O)N1CCCc2cc(NS(=O)(=O)c3ccc(Cl)s3)ccc21. The number of halogens is 1. The first-order chi connectivity index (χ1) is 12.2. The molecule has 0 unspecified atom stereocenters. The number of anilines is 2. The molecule has 0 fully saturated rings. The molecule has 0 aliphatic carbocycles. The number of sulfonamides is 2. The lowest BCUT2D eigenvalue weighted by atomic mass is 10.0. The summed E-state index contributed by atoms with van der Waals surface area (Å²) < 4.78 is 54.3. The van der Waals surface area contributed by atoms with Crippen LogP contribution < -0.4 is 9.03 Å². The van der Waals surface area contributed by atoms with Gasteiger partial charge in [0.2, 0.25) is 10.0 Å².